The van der Waals surface area contributed by atoms with E-state index in [1.165, 1.54) is 0 Å². The van der Waals surface area contributed by atoms with E-state index in [0.29, 0.717) is 11.5 Å². The summed E-state index contributed by atoms with van der Waals surface area (Å²) in [7, 11) is 0. The van der Waals surface area contributed by atoms with Crippen molar-refractivity contribution in [3.63, 3.8) is 0 Å². The van der Waals surface area contributed by atoms with Crippen molar-refractivity contribution >= 4 is 26.9 Å². The Kier molecular flexibility index (Phi) is 3.92. The van der Waals surface area contributed by atoms with Crippen molar-refractivity contribution in [3.8, 4) is 0 Å². The zero-order valence-electron chi connectivity index (χ0n) is 11.1. The molecule has 1 fully saturated rings. The third-order valence-electron chi connectivity index (χ3n) is 3.89. The van der Waals surface area contributed by atoms with Gasteiger partial charge in [-0.15, -0.1) is 0 Å². The number of fused-ring (bicyclic) bond motifs is 1. The van der Waals surface area contributed by atoms with E-state index in [0.717, 1.165) is 48.0 Å². The minimum atomic E-state index is -0.292. The Bertz CT molecular complexity index is 683. The fourth-order valence-electron chi connectivity index (χ4n) is 2.82. The van der Waals surface area contributed by atoms with E-state index in [2.05, 4.69) is 20.8 Å². The highest BCUT2D eigenvalue weighted by Crippen LogP contribution is 2.24. The highest BCUT2D eigenvalue weighted by atomic mass is 79.9. The summed E-state index contributed by atoms with van der Waals surface area (Å²) in [5.74, 6) is 0.579. The van der Waals surface area contributed by atoms with Gasteiger partial charge in [0.1, 0.15) is 5.58 Å². The van der Waals surface area contributed by atoms with E-state index < -0.39 is 0 Å². The van der Waals surface area contributed by atoms with Gasteiger partial charge in [-0.2, -0.15) is 0 Å². The first-order chi connectivity index (χ1) is 9.65. The van der Waals surface area contributed by atoms with E-state index in [1.807, 2.05) is 18.2 Å². The van der Waals surface area contributed by atoms with Gasteiger partial charge in [0.05, 0.1) is 0 Å². The van der Waals surface area contributed by atoms with Gasteiger partial charge in [0.15, 0.2) is 0 Å². The third kappa shape index (κ3) is 2.80. The van der Waals surface area contributed by atoms with Crippen LogP contribution in [0.25, 0.3) is 11.0 Å². The minimum absolute atomic E-state index is 0.292. The first kappa shape index (κ1) is 13.8. The lowest BCUT2D eigenvalue weighted by Crippen LogP contribution is -2.23. The molecule has 4 nitrogen and oxygen atoms in total. The van der Waals surface area contributed by atoms with Crippen LogP contribution in [0.15, 0.2) is 37.9 Å². The molecule has 0 amide bonds. The second kappa shape index (κ2) is 5.68. The lowest BCUT2D eigenvalue weighted by Gasteiger charge is -2.16. The van der Waals surface area contributed by atoms with Gasteiger partial charge in [0, 0.05) is 29.0 Å². The topological polar surface area (TPSA) is 59.5 Å². The van der Waals surface area contributed by atoms with E-state index in [9.17, 15) is 4.79 Å². The summed E-state index contributed by atoms with van der Waals surface area (Å²) >= 11 is 3.40. The van der Waals surface area contributed by atoms with Crippen molar-refractivity contribution in [1.82, 2.24) is 4.90 Å². The number of nitrogens with zero attached hydrogens (tertiary/aromatic N) is 1. The van der Waals surface area contributed by atoms with E-state index in [1.54, 1.807) is 6.07 Å². The Morgan fingerprint density at radius 1 is 1.40 bits per heavy atom. The Morgan fingerprint density at radius 3 is 3.00 bits per heavy atom. The first-order valence-corrected chi connectivity index (χ1v) is 7.59. The van der Waals surface area contributed by atoms with Gasteiger partial charge in [-0.1, -0.05) is 15.9 Å². The molecule has 20 heavy (non-hydrogen) atoms. The molecule has 2 heterocycles. The van der Waals surface area contributed by atoms with Crippen LogP contribution in [0.4, 0.5) is 0 Å². The van der Waals surface area contributed by atoms with Crippen molar-refractivity contribution in [2.24, 2.45) is 11.7 Å². The molecular formula is C15H17BrN2O2. The fraction of sp³-hybridized carbons (Fsp3) is 0.400. The standard InChI is InChI=1S/C15H17BrN2O2/c16-12-1-2-13-11(5-15(19)20-14(13)6-12)9-18-4-3-10(7-17)8-18/h1-2,5-6,10H,3-4,7-9,17H2. The van der Waals surface area contributed by atoms with Crippen LogP contribution < -0.4 is 11.4 Å². The van der Waals surface area contributed by atoms with Gasteiger partial charge in [0.25, 0.3) is 0 Å². The molecule has 1 aliphatic heterocycles. The fourth-order valence-corrected chi connectivity index (χ4v) is 3.16. The predicted octanol–water partition coefficient (Wildman–Crippen LogP) is 2.34. The molecule has 0 saturated carbocycles. The second-order valence-corrected chi connectivity index (χ2v) is 6.27. The number of likely N-dealkylation sites (tertiary alicyclic amines) is 1. The average Bonchev–Trinajstić information content (AvgIpc) is 2.85. The summed E-state index contributed by atoms with van der Waals surface area (Å²) < 4.78 is 6.18. The maximum absolute atomic E-state index is 11.7. The second-order valence-electron chi connectivity index (χ2n) is 5.36. The highest BCUT2D eigenvalue weighted by molar-refractivity contribution is 9.10. The van der Waals surface area contributed by atoms with Crippen LogP contribution in [0.3, 0.4) is 0 Å². The summed E-state index contributed by atoms with van der Waals surface area (Å²) in [5, 5.41) is 1.00. The summed E-state index contributed by atoms with van der Waals surface area (Å²) in [6, 6.07) is 7.41. The number of benzene rings is 1. The summed E-state index contributed by atoms with van der Waals surface area (Å²) in [6.07, 6.45) is 1.14. The number of hydrogen-bond acceptors (Lipinski definition) is 4. The van der Waals surface area contributed by atoms with E-state index in [-0.39, 0.29) is 5.63 Å². The molecule has 1 unspecified atom stereocenters. The Balaban J connectivity index is 1.93. The average molecular weight is 337 g/mol. The van der Waals surface area contributed by atoms with Gasteiger partial charge in [0.2, 0.25) is 0 Å². The van der Waals surface area contributed by atoms with Crippen LogP contribution in [-0.4, -0.2) is 24.5 Å². The predicted molar refractivity (Wildman–Crippen MR) is 82.6 cm³/mol. The highest BCUT2D eigenvalue weighted by Gasteiger charge is 2.22. The van der Waals surface area contributed by atoms with Crippen molar-refractivity contribution in [2.75, 3.05) is 19.6 Å². The number of hydrogen-bond donors (Lipinski definition) is 1. The zero-order valence-corrected chi connectivity index (χ0v) is 12.7. The molecule has 3 rings (SSSR count). The number of rotatable bonds is 3. The van der Waals surface area contributed by atoms with E-state index in [4.69, 9.17) is 10.2 Å². The van der Waals surface area contributed by atoms with Crippen LogP contribution in [0.2, 0.25) is 0 Å². The van der Waals surface area contributed by atoms with Crippen molar-refractivity contribution in [1.29, 1.82) is 0 Å². The van der Waals surface area contributed by atoms with Gasteiger partial charge < -0.3 is 10.2 Å². The van der Waals surface area contributed by atoms with Gasteiger partial charge in [-0.25, -0.2) is 4.79 Å². The quantitative estimate of drug-likeness (QED) is 0.874. The lowest BCUT2D eigenvalue weighted by molar-refractivity contribution is 0.318. The molecule has 1 atom stereocenters. The molecule has 1 aliphatic rings. The Hall–Kier alpha value is -1.17. The lowest BCUT2D eigenvalue weighted by atomic mass is 10.1. The first-order valence-electron chi connectivity index (χ1n) is 6.80. The molecule has 0 aliphatic carbocycles. The van der Waals surface area contributed by atoms with Crippen molar-refractivity contribution < 1.29 is 4.42 Å². The molecule has 1 aromatic heterocycles. The normalized spacial score (nSPS) is 19.8. The molecule has 5 heteroatoms. The molecule has 0 bridgehead atoms. The molecule has 2 aromatic rings. The van der Waals surface area contributed by atoms with E-state index >= 15 is 0 Å². The monoisotopic (exact) mass is 336 g/mol. The Morgan fingerprint density at radius 2 is 2.25 bits per heavy atom. The molecule has 1 saturated heterocycles. The van der Waals surface area contributed by atoms with Crippen LogP contribution in [0, 0.1) is 5.92 Å². The molecular weight excluding hydrogens is 320 g/mol. The van der Waals surface area contributed by atoms with Crippen LogP contribution in [0.5, 0.6) is 0 Å². The number of halogens is 1. The minimum Gasteiger partial charge on any atom is -0.423 e. The smallest absolute Gasteiger partial charge is 0.336 e. The van der Waals surface area contributed by atoms with Crippen LogP contribution in [-0.2, 0) is 6.54 Å². The SMILES string of the molecule is NCC1CCN(Cc2cc(=O)oc3cc(Br)ccc23)C1. The van der Waals surface area contributed by atoms with Crippen LogP contribution >= 0.6 is 15.9 Å². The van der Waals surface area contributed by atoms with Gasteiger partial charge in [-0.3, -0.25) is 4.90 Å². The molecule has 2 N–H and O–H groups in total. The van der Waals surface area contributed by atoms with Crippen molar-refractivity contribution in [3.05, 3.63) is 44.7 Å². The van der Waals surface area contributed by atoms with Crippen LogP contribution in [0.1, 0.15) is 12.0 Å². The van der Waals surface area contributed by atoms with Crippen molar-refractivity contribution in [2.45, 2.75) is 13.0 Å². The Labute approximate surface area is 125 Å². The molecule has 0 radical (unpaired) electrons. The third-order valence-corrected chi connectivity index (χ3v) is 4.38. The molecule has 0 spiro atoms. The summed E-state index contributed by atoms with van der Waals surface area (Å²) in [5.41, 5.74) is 7.10. The van der Waals surface area contributed by atoms with Gasteiger partial charge >= 0.3 is 5.63 Å². The molecule has 1 aromatic carbocycles. The maximum Gasteiger partial charge on any atom is 0.336 e. The zero-order chi connectivity index (χ0) is 14.1. The van der Waals surface area contributed by atoms with Gasteiger partial charge in [-0.05, 0) is 49.2 Å². The summed E-state index contributed by atoms with van der Waals surface area (Å²) in [6.45, 7) is 3.57. The summed E-state index contributed by atoms with van der Waals surface area (Å²) in [4.78, 5) is 14.0. The molecule has 106 valence electrons. The number of nitrogens with two attached hydrogens (primary N) is 1. The largest absolute Gasteiger partial charge is 0.423 e. The maximum atomic E-state index is 11.7.